The monoisotopic (exact) mass is 334 g/mol. The van der Waals surface area contributed by atoms with Gasteiger partial charge in [0.2, 0.25) is 0 Å². The van der Waals surface area contributed by atoms with Crippen LogP contribution in [-0.2, 0) is 14.3 Å². The van der Waals surface area contributed by atoms with Crippen LogP contribution in [0.3, 0.4) is 0 Å². The fourth-order valence-electron chi connectivity index (χ4n) is 2.33. The third-order valence-corrected chi connectivity index (χ3v) is 3.55. The molecule has 134 valence electrons. The van der Waals surface area contributed by atoms with Gasteiger partial charge >= 0.3 is 11.9 Å². The van der Waals surface area contributed by atoms with Crippen LogP contribution in [-0.4, -0.2) is 24.1 Å². The number of hydrogen-bond donors (Lipinski definition) is 0. The highest BCUT2D eigenvalue weighted by Gasteiger charge is 2.26. The average molecular weight is 334 g/mol. The van der Waals surface area contributed by atoms with E-state index in [4.69, 9.17) is 9.47 Å². The van der Waals surface area contributed by atoms with Crippen molar-refractivity contribution in [2.45, 2.75) is 71.8 Å². The van der Waals surface area contributed by atoms with Crippen LogP contribution in [0.1, 0.15) is 82.1 Å². The molecule has 0 amide bonds. The number of rotatable bonds is 8. The maximum absolute atomic E-state index is 12.4. The Balaban J connectivity index is 2.82. The van der Waals surface area contributed by atoms with E-state index in [0.717, 1.165) is 31.2 Å². The fraction of sp³-hybridized carbons (Fsp3) is 0.600. The molecule has 0 spiro atoms. The lowest BCUT2D eigenvalue weighted by Crippen LogP contribution is -2.27. The molecular weight excluding hydrogens is 304 g/mol. The number of unbranched alkanes of at least 4 members (excludes halogenated alkanes) is 1. The maximum Gasteiger partial charge on any atom is 0.338 e. The summed E-state index contributed by atoms with van der Waals surface area (Å²) in [4.78, 5) is 24.4. The molecule has 0 aliphatic rings. The molecule has 0 bridgehead atoms. The molecule has 0 N–H and O–H groups in total. The minimum absolute atomic E-state index is 0.220. The van der Waals surface area contributed by atoms with Crippen LogP contribution in [0.15, 0.2) is 24.3 Å². The third-order valence-electron chi connectivity index (χ3n) is 3.55. The van der Waals surface area contributed by atoms with Crippen LogP contribution in [0.2, 0.25) is 0 Å². The molecule has 0 saturated heterocycles. The third kappa shape index (κ3) is 6.73. The number of ether oxygens (including phenoxy) is 2. The lowest BCUT2D eigenvalue weighted by atomic mass is 9.93. The second-order valence-electron chi connectivity index (χ2n) is 6.99. The standard InChI is InChI=1S/C20H30O4/c1-6-8-14-23-18(21)16-12-10-15(11-13-16)17(9-7-2)19(22)24-20(3,4)5/h10-13,17H,6-9,14H2,1-5H3. The van der Waals surface area contributed by atoms with E-state index in [9.17, 15) is 9.59 Å². The summed E-state index contributed by atoms with van der Waals surface area (Å²) in [7, 11) is 0. The summed E-state index contributed by atoms with van der Waals surface area (Å²) in [6.07, 6.45) is 3.45. The second-order valence-corrected chi connectivity index (χ2v) is 6.99. The van der Waals surface area contributed by atoms with Gasteiger partial charge in [0, 0.05) is 0 Å². The van der Waals surface area contributed by atoms with E-state index in [1.807, 2.05) is 46.8 Å². The predicted octanol–water partition coefficient (Wildman–Crippen LogP) is 4.87. The van der Waals surface area contributed by atoms with E-state index in [1.165, 1.54) is 0 Å². The average Bonchev–Trinajstić information content (AvgIpc) is 2.51. The predicted molar refractivity (Wildman–Crippen MR) is 95.1 cm³/mol. The largest absolute Gasteiger partial charge is 0.462 e. The Morgan fingerprint density at radius 3 is 2.17 bits per heavy atom. The first kappa shape index (κ1) is 20.2. The van der Waals surface area contributed by atoms with Gasteiger partial charge in [0.25, 0.3) is 0 Å². The van der Waals surface area contributed by atoms with Gasteiger partial charge in [0.15, 0.2) is 0 Å². The van der Waals surface area contributed by atoms with Gasteiger partial charge in [-0.05, 0) is 51.3 Å². The zero-order valence-electron chi connectivity index (χ0n) is 15.6. The first-order chi connectivity index (χ1) is 11.3. The van der Waals surface area contributed by atoms with Crippen molar-refractivity contribution in [1.82, 2.24) is 0 Å². The number of hydrogen-bond acceptors (Lipinski definition) is 4. The summed E-state index contributed by atoms with van der Waals surface area (Å²) in [5.41, 5.74) is 0.872. The highest BCUT2D eigenvalue weighted by Crippen LogP contribution is 2.25. The SMILES string of the molecule is CCCCOC(=O)c1ccc(C(CCC)C(=O)OC(C)(C)C)cc1. The number of esters is 2. The van der Waals surface area contributed by atoms with E-state index in [2.05, 4.69) is 0 Å². The van der Waals surface area contributed by atoms with Gasteiger partial charge < -0.3 is 9.47 Å². The second kappa shape index (κ2) is 9.45. The molecule has 0 aliphatic heterocycles. The van der Waals surface area contributed by atoms with Gasteiger partial charge in [-0.15, -0.1) is 0 Å². The molecule has 0 saturated carbocycles. The van der Waals surface area contributed by atoms with Crippen molar-refractivity contribution in [1.29, 1.82) is 0 Å². The smallest absolute Gasteiger partial charge is 0.338 e. The number of carbonyl (C=O) groups is 2. The zero-order chi connectivity index (χ0) is 18.2. The van der Waals surface area contributed by atoms with Crippen molar-refractivity contribution in [3.05, 3.63) is 35.4 Å². The lowest BCUT2D eigenvalue weighted by molar-refractivity contribution is -0.157. The molecule has 1 rings (SSSR count). The van der Waals surface area contributed by atoms with Gasteiger partial charge in [0.1, 0.15) is 5.60 Å². The topological polar surface area (TPSA) is 52.6 Å². The van der Waals surface area contributed by atoms with Crippen LogP contribution in [0.5, 0.6) is 0 Å². The van der Waals surface area contributed by atoms with Crippen molar-refractivity contribution in [3.8, 4) is 0 Å². The van der Waals surface area contributed by atoms with Gasteiger partial charge in [-0.25, -0.2) is 4.79 Å². The Morgan fingerprint density at radius 1 is 1.04 bits per heavy atom. The number of benzene rings is 1. The Hall–Kier alpha value is -1.84. The van der Waals surface area contributed by atoms with Gasteiger partial charge in [-0.2, -0.15) is 0 Å². The Morgan fingerprint density at radius 2 is 1.67 bits per heavy atom. The summed E-state index contributed by atoms with van der Waals surface area (Å²) < 4.78 is 10.7. The molecule has 4 nitrogen and oxygen atoms in total. The summed E-state index contributed by atoms with van der Waals surface area (Å²) in [6, 6.07) is 7.08. The van der Waals surface area contributed by atoms with E-state index in [-0.39, 0.29) is 17.9 Å². The Kier molecular flexibility index (Phi) is 7.96. The van der Waals surface area contributed by atoms with E-state index < -0.39 is 5.60 Å². The minimum Gasteiger partial charge on any atom is -0.462 e. The first-order valence-corrected chi connectivity index (χ1v) is 8.78. The van der Waals surface area contributed by atoms with Crippen LogP contribution < -0.4 is 0 Å². The van der Waals surface area contributed by atoms with Crippen molar-refractivity contribution in [2.24, 2.45) is 0 Å². The van der Waals surface area contributed by atoms with Crippen molar-refractivity contribution in [2.75, 3.05) is 6.61 Å². The summed E-state index contributed by atoms with van der Waals surface area (Å²) >= 11 is 0. The minimum atomic E-state index is -0.508. The highest BCUT2D eigenvalue weighted by atomic mass is 16.6. The van der Waals surface area contributed by atoms with E-state index in [1.54, 1.807) is 12.1 Å². The summed E-state index contributed by atoms with van der Waals surface area (Å²) in [5.74, 6) is -0.846. The van der Waals surface area contributed by atoms with E-state index >= 15 is 0 Å². The summed E-state index contributed by atoms with van der Waals surface area (Å²) in [5, 5.41) is 0. The molecule has 0 aliphatic carbocycles. The molecule has 1 aromatic rings. The highest BCUT2D eigenvalue weighted by molar-refractivity contribution is 5.89. The quantitative estimate of drug-likeness (QED) is 0.503. The van der Waals surface area contributed by atoms with Crippen molar-refractivity contribution >= 4 is 11.9 Å². The van der Waals surface area contributed by atoms with Gasteiger partial charge in [0.05, 0.1) is 18.1 Å². The van der Waals surface area contributed by atoms with Crippen LogP contribution in [0, 0.1) is 0 Å². The maximum atomic E-state index is 12.4. The normalized spacial score (nSPS) is 12.5. The zero-order valence-corrected chi connectivity index (χ0v) is 15.6. The Labute approximate surface area is 145 Å². The molecule has 1 atom stereocenters. The molecule has 0 fully saturated rings. The molecule has 4 heteroatoms. The van der Waals surface area contributed by atoms with Crippen molar-refractivity contribution < 1.29 is 19.1 Å². The Bertz CT molecular complexity index is 526. The molecular formula is C20H30O4. The van der Waals surface area contributed by atoms with Crippen LogP contribution in [0.25, 0.3) is 0 Å². The van der Waals surface area contributed by atoms with Crippen LogP contribution in [0.4, 0.5) is 0 Å². The van der Waals surface area contributed by atoms with Gasteiger partial charge in [-0.1, -0.05) is 38.8 Å². The molecule has 1 unspecified atom stereocenters. The molecule has 1 aromatic carbocycles. The lowest BCUT2D eigenvalue weighted by Gasteiger charge is -2.24. The van der Waals surface area contributed by atoms with Crippen LogP contribution >= 0.6 is 0 Å². The van der Waals surface area contributed by atoms with Gasteiger partial charge in [-0.3, -0.25) is 4.79 Å². The molecule has 0 heterocycles. The molecule has 24 heavy (non-hydrogen) atoms. The molecule has 0 radical (unpaired) electrons. The fourth-order valence-corrected chi connectivity index (χ4v) is 2.33. The van der Waals surface area contributed by atoms with E-state index in [0.29, 0.717) is 12.2 Å². The summed E-state index contributed by atoms with van der Waals surface area (Å²) in [6.45, 7) is 10.1. The molecule has 0 aromatic heterocycles. The first-order valence-electron chi connectivity index (χ1n) is 8.78. The number of carbonyl (C=O) groups excluding carboxylic acids is 2. The van der Waals surface area contributed by atoms with Crippen molar-refractivity contribution in [3.63, 3.8) is 0 Å².